The number of aromatic nitrogens is 2. The number of carbonyl (C=O) groups is 2. The van der Waals surface area contributed by atoms with Gasteiger partial charge in [-0.05, 0) is 20.8 Å². The van der Waals surface area contributed by atoms with E-state index in [9.17, 15) is 9.59 Å². The Morgan fingerprint density at radius 1 is 1.38 bits per heavy atom. The fourth-order valence-electron chi connectivity index (χ4n) is 1.45. The Kier molecular flexibility index (Phi) is 4.22. The third kappa shape index (κ3) is 2.92. The molecule has 88 valence electrons. The van der Waals surface area contributed by atoms with Crippen molar-refractivity contribution in [2.24, 2.45) is 0 Å². The summed E-state index contributed by atoms with van der Waals surface area (Å²) in [7, 11) is 0. The molecule has 0 spiro atoms. The first kappa shape index (κ1) is 12.4. The molecule has 0 N–H and O–H groups in total. The van der Waals surface area contributed by atoms with Gasteiger partial charge in [0.05, 0.1) is 11.8 Å². The highest BCUT2D eigenvalue weighted by atomic mass is 16.2. The Labute approximate surface area is 95.0 Å². The summed E-state index contributed by atoms with van der Waals surface area (Å²) >= 11 is 0. The maximum atomic E-state index is 11.7. The van der Waals surface area contributed by atoms with Crippen LogP contribution in [-0.2, 0) is 11.3 Å². The van der Waals surface area contributed by atoms with Crippen molar-refractivity contribution >= 4 is 11.7 Å². The van der Waals surface area contributed by atoms with Crippen molar-refractivity contribution in [2.75, 3.05) is 13.1 Å². The largest absolute Gasteiger partial charge is 0.342 e. The molecule has 0 saturated heterocycles. The van der Waals surface area contributed by atoms with E-state index in [4.69, 9.17) is 0 Å². The van der Waals surface area contributed by atoms with Crippen LogP contribution in [0.3, 0.4) is 0 Å². The van der Waals surface area contributed by atoms with Gasteiger partial charge in [0.1, 0.15) is 6.54 Å². The number of Topliss-reactive ketones (excluding diaryl/α,β-unsaturated/α-hetero) is 1. The van der Waals surface area contributed by atoms with Gasteiger partial charge in [-0.15, -0.1) is 0 Å². The summed E-state index contributed by atoms with van der Waals surface area (Å²) in [6.45, 7) is 6.92. The molecule has 0 bridgehead atoms. The van der Waals surface area contributed by atoms with Gasteiger partial charge in [-0.1, -0.05) is 0 Å². The van der Waals surface area contributed by atoms with Crippen molar-refractivity contribution in [1.29, 1.82) is 0 Å². The number of carbonyl (C=O) groups excluding carboxylic acids is 2. The molecular weight excluding hydrogens is 206 g/mol. The molecule has 0 atom stereocenters. The molecule has 0 aliphatic carbocycles. The van der Waals surface area contributed by atoms with Gasteiger partial charge < -0.3 is 4.90 Å². The highest BCUT2D eigenvalue weighted by Crippen LogP contribution is 2.00. The molecule has 1 rings (SSSR count). The van der Waals surface area contributed by atoms with Crippen molar-refractivity contribution in [2.45, 2.75) is 27.3 Å². The lowest BCUT2D eigenvalue weighted by Crippen LogP contribution is -2.33. The number of ketones is 1. The van der Waals surface area contributed by atoms with E-state index < -0.39 is 0 Å². The summed E-state index contributed by atoms with van der Waals surface area (Å²) in [5, 5.41) is 3.98. The quantitative estimate of drug-likeness (QED) is 0.698. The summed E-state index contributed by atoms with van der Waals surface area (Å²) in [4.78, 5) is 24.5. The lowest BCUT2D eigenvalue weighted by molar-refractivity contribution is -0.131. The summed E-state index contributed by atoms with van der Waals surface area (Å²) in [5.74, 6) is -0.0234. The average molecular weight is 223 g/mol. The lowest BCUT2D eigenvalue weighted by atomic mass is 10.3. The second kappa shape index (κ2) is 5.44. The molecule has 0 unspecified atom stereocenters. The van der Waals surface area contributed by atoms with Crippen LogP contribution in [0.5, 0.6) is 0 Å². The molecule has 0 radical (unpaired) electrons. The third-order valence-corrected chi connectivity index (χ3v) is 2.45. The zero-order valence-electron chi connectivity index (χ0n) is 9.93. The highest BCUT2D eigenvalue weighted by Gasteiger charge is 2.11. The van der Waals surface area contributed by atoms with Crippen LogP contribution in [0.15, 0.2) is 12.4 Å². The van der Waals surface area contributed by atoms with Crippen molar-refractivity contribution in [1.82, 2.24) is 14.7 Å². The van der Waals surface area contributed by atoms with Crippen LogP contribution in [0, 0.1) is 0 Å². The highest BCUT2D eigenvalue weighted by molar-refractivity contribution is 5.93. The number of rotatable bonds is 5. The van der Waals surface area contributed by atoms with E-state index in [-0.39, 0.29) is 18.2 Å². The van der Waals surface area contributed by atoms with E-state index in [2.05, 4.69) is 5.10 Å². The van der Waals surface area contributed by atoms with E-state index in [0.717, 1.165) is 0 Å². The summed E-state index contributed by atoms with van der Waals surface area (Å²) in [6, 6.07) is 0. The van der Waals surface area contributed by atoms with Crippen molar-refractivity contribution < 1.29 is 9.59 Å². The molecule has 5 heteroatoms. The fourth-order valence-corrected chi connectivity index (χ4v) is 1.45. The molecule has 1 amide bonds. The van der Waals surface area contributed by atoms with Crippen LogP contribution in [-0.4, -0.2) is 39.5 Å². The summed E-state index contributed by atoms with van der Waals surface area (Å²) in [6.07, 6.45) is 3.08. The van der Waals surface area contributed by atoms with E-state index in [0.29, 0.717) is 18.7 Å². The molecule has 0 aliphatic heterocycles. The van der Waals surface area contributed by atoms with Gasteiger partial charge in [-0.2, -0.15) is 5.10 Å². The first-order chi connectivity index (χ1) is 7.58. The van der Waals surface area contributed by atoms with Crippen LogP contribution in [0.1, 0.15) is 31.1 Å². The number of hydrogen-bond donors (Lipinski definition) is 0. The average Bonchev–Trinajstić information content (AvgIpc) is 2.68. The van der Waals surface area contributed by atoms with Gasteiger partial charge in [-0.3, -0.25) is 14.3 Å². The van der Waals surface area contributed by atoms with Crippen LogP contribution in [0.4, 0.5) is 0 Å². The summed E-state index contributed by atoms with van der Waals surface area (Å²) < 4.78 is 1.50. The molecule has 0 aromatic carbocycles. The minimum absolute atomic E-state index is 0.0169. The van der Waals surface area contributed by atoms with E-state index in [1.807, 2.05) is 13.8 Å². The van der Waals surface area contributed by atoms with Gasteiger partial charge in [0.2, 0.25) is 5.91 Å². The second-order valence-electron chi connectivity index (χ2n) is 3.55. The first-order valence-electron chi connectivity index (χ1n) is 5.39. The van der Waals surface area contributed by atoms with Gasteiger partial charge in [0.15, 0.2) is 5.78 Å². The minimum atomic E-state index is -0.0402. The van der Waals surface area contributed by atoms with Crippen LogP contribution >= 0.6 is 0 Å². The van der Waals surface area contributed by atoms with E-state index in [1.54, 1.807) is 11.1 Å². The number of amides is 1. The number of nitrogens with zero attached hydrogens (tertiary/aromatic N) is 3. The SMILES string of the molecule is CCN(CC)C(=O)Cn1cc(C(C)=O)cn1. The van der Waals surface area contributed by atoms with Crippen molar-refractivity contribution in [3.8, 4) is 0 Å². The maximum absolute atomic E-state index is 11.7. The summed E-state index contributed by atoms with van der Waals surface area (Å²) in [5.41, 5.74) is 0.535. The van der Waals surface area contributed by atoms with E-state index in [1.165, 1.54) is 17.8 Å². The Balaban J connectivity index is 2.65. The zero-order chi connectivity index (χ0) is 12.1. The van der Waals surface area contributed by atoms with Crippen LogP contribution in [0.25, 0.3) is 0 Å². The van der Waals surface area contributed by atoms with Gasteiger partial charge in [-0.25, -0.2) is 0 Å². The predicted octanol–water partition coefficient (Wildman–Crippen LogP) is 0.954. The predicted molar refractivity (Wildman–Crippen MR) is 60.2 cm³/mol. The molecule has 0 aliphatic rings. The molecule has 1 aromatic heterocycles. The van der Waals surface area contributed by atoms with Crippen molar-refractivity contribution in [3.63, 3.8) is 0 Å². The van der Waals surface area contributed by atoms with E-state index >= 15 is 0 Å². The second-order valence-corrected chi connectivity index (χ2v) is 3.55. The van der Waals surface area contributed by atoms with Gasteiger partial charge >= 0.3 is 0 Å². The zero-order valence-corrected chi connectivity index (χ0v) is 9.93. The molecular formula is C11H17N3O2. The topological polar surface area (TPSA) is 55.2 Å². The first-order valence-corrected chi connectivity index (χ1v) is 5.39. The van der Waals surface area contributed by atoms with Gasteiger partial charge in [0, 0.05) is 19.3 Å². The molecule has 0 fully saturated rings. The van der Waals surface area contributed by atoms with Crippen LogP contribution in [0.2, 0.25) is 0 Å². The normalized spacial score (nSPS) is 10.2. The lowest BCUT2D eigenvalue weighted by Gasteiger charge is -2.18. The fraction of sp³-hybridized carbons (Fsp3) is 0.545. The van der Waals surface area contributed by atoms with Crippen LogP contribution < -0.4 is 0 Å². The Bertz CT molecular complexity index is 380. The number of hydrogen-bond acceptors (Lipinski definition) is 3. The Morgan fingerprint density at radius 3 is 2.44 bits per heavy atom. The maximum Gasteiger partial charge on any atom is 0.244 e. The molecule has 0 saturated carbocycles. The Morgan fingerprint density at radius 2 is 2.00 bits per heavy atom. The minimum Gasteiger partial charge on any atom is -0.342 e. The van der Waals surface area contributed by atoms with Crippen molar-refractivity contribution in [3.05, 3.63) is 18.0 Å². The molecule has 5 nitrogen and oxygen atoms in total. The van der Waals surface area contributed by atoms with Gasteiger partial charge in [0.25, 0.3) is 0 Å². The Hall–Kier alpha value is -1.65. The third-order valence-electron chi connectivity index (χ3n) is 2.45. The monoisotopic (exact) mass is 223 g/mol. The molecule has 16 heavy (non-hydrogen) atoms. The standard InChI is InChI=1S/C11H17N3O2/c1-4-13(5-2)11(16)8-14-7-10(6-12-14)9(3)15/h6-7H,4-5,8H2,1-3H3. The molecule has 1 aromatic rings. The smallest absolute Gasteiger partial charge is 0.244 e. The number of likely N-dealkylation sites (N-methyl/N-ethyl adjacent to an activating group) is 1. The molecule has 1 heterocycles.